The van der Waals surface area contributed by atoms with Gasteiger partial charge in [-0.1, -0.05) is 0 Å². The summed E-state index contributed by atoms with van der Waals surface area (Å²) in [6.07, 6.45) is 4.66. The van der Waals surface area contributed by atoms with E-state index in [1.54, 1.807) is 12.1 Å². The van der Waals surface area contributed by atoms with E-state index in [0.29, 0.717) is 17.7 Å². The Morgan fingerprint density at radius 2 is 1.85 bits per heavy atom. The molecule has 0 spiro atoms. The van der Waals surface area contributed by atoms with E-state index < -0.39 is 9.84 Å². The van der Waals surface area contributed by atoms with Crippen molar-refractivity contribution in [3.63, 3.8) is 0 Å². The Morgan fingerprint density at radius 1 is 1.15 bits per heavy atom. The summed E-state index contributed by atoms with van der Waals surface area (Å²) < 4.78 is 31.1. The zero-order valence-corrected chi connectivity index (χ0v) is 16.0. The van der Waals surface area contributed by atoms with Crippen LogP contribution in [0.3, 0.4) is 0 Å². The van der Waals surface area contributed by atoms with Gasteiger partial charge in [0, 0.05) is 6.26 Å². The zero-order valence-electron chi connectivity index (χ0n) is 15.2. The molecule has 0 aliphatic carbocycles. The van der Waals surface area contributed by atoms with E-state index in [2.05, 4.69) is 20.4 Å². The van der Waals surface area contributed by atoms with E-state index in [4.69, 9.17) is 4.74 Å². The molecule has 1 N–H and O–H groups in total. The molecule has 0 radical (unpaired) electrons. The fourth-order valence-electron chi connectivity index (χ4n) is 3.36. The van der Waals surface area contributed by atoms with Gasteiger partial charge in [0.2, 0.25) is 5.88 Å². The third-order valence-corrected chi connectivity index (χ3v) is 5.88. The topological polar surface area (TPSA) is 99.0 Å². The molecule has 1 aliphatic heterocycles. The number of nitrogens with zero attached hydrogens (tertiary/aromatic N) is 4. The third kappa shape index (κ3) is 3.52. The largest absolute Gasteiger partial charge is 0.438 e. The van der Waals surface area contributed by atoms with Gasteiger partial charge in [-0.25, -0.2) is 23.1 Å². The molecule has 27 heavy (non-hydrogen) atoms. The molecule has 3 aromatic rings. The molecule has 9 heteroatoms. The van der Waals surface area contributed by atoms with Gasteiger partial charge >= 0.3 is 0 Å². The van der Waals surface area contributed by atoms with E-state index >= 15 is 0 Å². The highest BCUT2D eigenvalue weighted by Crippen LogP contribution is 2.32. The first kappa shape index (κ1) is 17.9. The smallest absolute Gasteiger partial charge is 0.233 e. The van der Waals surface area contributed by atoms with Crippen LogP contribution >= 0.6 is 0 Å². The monoisotopic (exact) mass is 387 g/mol. The minimum atomic E-state index is -3.24. The summed E-state index contributed by atoms with van der Waals surface area (Å²) in [5, 5.41) is 8.83. The molecule has 3 heterocycles. The lowest BCUT2D eigenvalue weighted by Gasteiger charge is -2.23. The molecule has 0 amide bonds. The van der Waals surface area contributed by atoms with E-state index in [1.165, 1.54) is 24.7 Å². The number of benzene rings is 1. The fourth-order valence-corrected chi connectivity index (χ4v) is 3.99. The number of hydrogen-bond acceptors (Lipinski definition) is 7. The van der Waals surface area contributed by atoms with Gasteiger partial charge in [0.25, 0.3) is 0 Å². The van der Waals surface area contributed by atoms with Crippen molar-refractivity contribution in [2.75, 3.05) is 19.3 Å². The molecule has 1 aliphatic rings. The zero-order chi connectivity index (χ0) is 19.0. The fraction of sp³-hybridized carbons (Fsp3) is 0.389. The van der Waals surface area contributed by atoms with Crippen LogP contribution < -0.4 is 10.1 Å². The SMILES string of the molecule is Cc1nn(C2CCNCC2)c2ncnc(Oc3ccc(S(C)(=O)=O)cc3)c12. The van der Waals surface area contributed by atoms with Gasteiger partial charge < -0.3 is 10.1 Å². The second kappa shape index (κ2) is 6.90. The highest BCUT2D eigenvalue weighted by atomic mass is 32.2. The Labute approximate surface area is 157 Å². The molecule has 1 saturated heterocycles. The summed E-state index contributed by atoms with van der Waals surface area (Å²) >= 11 is 0. The number of piperidine rings is 1. The quantitative estimate of drug-likeness (QED) is 0.733. The summed E-state index contributed by atoms with van der Waals surface area (Å²) in [5.41, 5.74) is 1.57. The number of aryl methyl sites for hydroxylation is 1. The van der Waals surface area contributed by atoms with Crippen molar-refractivity contribution in [2.45, 2.75) is 30.7 Å². The van der Waals surface area contributed by atoms with E-state index in [-0.39, 0.29) is 4.90 Å². The number of fused-ring (bicyclic) bond motifs is 1. The van der Waals surface area contributed by atoms with Crippen LogP contribution in [0.4, 0.5) is 0 Å². The van der Waals surface area contributed by atoms with Gasteiger partial charge in [-0.3, -0.25) is 0 Å². The van der Waals surface area contributed by atoms with Gasteiger partial charge in [0.15, 0.2) is 15.5 Å². The maximum atomic E-state index is 11.6. The molecule has 0 bridgehead atoms. The van der Waals surface area contributed by atoms with Crippen LogP contribution in [-0.4, -0.2) is 47.5 Å². The number of sulfone groups is 1. The van der Waals surface area contributed by atoms with Gasteiger partial charge in [-0.05, 0) is 57.1 Å². The summed E-state index contributed by atoms with van der Waals surface area (Å²) in [7, 11) is -3.24. The van der Waals surface area contributed by atoms with Crippen LogP contribution in [0.1, 0.15) is 24.6 Å². The Morgan fingerprint density at radius 3 is 2.52 bits per heavy atom. The minimum Gasteiger partial charge on any atom is -0.438 e. The maximum Gasteiger partial charge on any atom is 0.233 e. The summed E-state index contributed by atoms with van der Waals surface area (Å²) in [6.45, 7) is 3.85. The first-order valence-electron chi connectivity index (χ1n) is 8.82. The molecule has 0 unspecified atom stereocenters. The molecule has 0 saturated carbocycles. The highest BCUT2D eigenvalue weighted by molar-refractivity contribution is 7.90. The molecule has 1 fully saturated rings. The average Bonchev–Trinajstić information content (AvgIpc) is 3.00. The van der Waals surface area contributed by atoms with Crippen LogP contribution in [0.15, 0.2) is 35.5 Å². The van der Waals surface area contributed by atoms with Gasteiger partial charge in [-0.15, -0.1) is 0 Å². The van der Waals surface area contributed by atoms with E-state index in [1.807, 2.05) is 11.6 Å². The Kier molecular flexibility index (Phi) is 4.56. The molecular formula is C18H21N5O3S. The van der Waals surface area contributed by atoms with E-state index in [0.717, 1.165) is 42.7 Å². The predicted octanol–water partition coefficient (Wildman–Crippen LogP) is 2.26. The number of aromatic nitrogens is 4. The number of rotatable bonds is 4. The Balaban J connectivity index is 1.69. The third-order valence-electron chi connectivity index (χ3n) is 4.75. The van der Waals surface area contributed by atoms with Crippen molar-refractivity contribution in [2.24, 2.45) is 0 Å². The second-order valence-electron chi connectivity index (χ2n) is 6.73. The lowest BCUT2D eigenvalue weighted by atomic mass is 10.1. The summed E-state index contributed by atoms with van der Waals surface area (Å²) in [6, 6.07) is 6.59. The minimum absolute atomic E-state index is 0.248. The van der Waals surface area contributed by atoms with Crippen LogP contribution in [0.5, 0.6) is 11.6 Å². The molecule has 142 valence electrons. The van der Waals surface area contributed by atoms with Crippen molar-refractivity contribution in [3.05, 3.63) is 36.3 Å². The second-order valence-corrected chi connectivity index (χ2v) is 8.75. The first-order valence-corrected chi connectivity index (χ1v) is 10.7. The lowest BCUT2D eigenvalue weighted by molar-refractivity contribution is 0.348. The lowest BCUT2D eigenvalue weighted by Crippen LogP contribution is -2.30. The van der Waals surface area contributed by atoms with Crippen LogP contribution in [0, 0.1) is 6.92 Å². The van der Waals surface area contributed by atoms with Crippen molar-refractivity contribution in [1.29, 1.82) is 0 Å². The molecule has 0 atom stereocenters. The first-order chi connectivity index (χ1) is 12.9. The Bertz CT molecular complexity index is 1070. The van der Waals surface area contributed by atoms with Gasteiger partial charge in [0.05, 0.1) is 16.6 Å². The van der Waals surface area contributed by atoms with Crippen molar-refractivity contribution >= 4 is 20.9 Å². The Hall–Kier alpha value is -2.52. The number of nitrogens with one attached hydrogen (secondary N) is 1. The normalized spacial score (nSPS) is 15.9. The maximum absolute atomic E-state index is 11.6. The van der Waals surface area contributed by atoms with Crippen LogP contribution in [0.2, 0.25) is 0 Å². The molecule has 1 aromatic carbocycles. The standard InChI is InChI=1S/C18H21N5O3S/c1-12-16-17(23(22-12)13-7-9-19-10-8-13)20-11-21-18(16)26-14-3-5-15(6-4-14)27(2,24)25/h3-6,11,13,19H,7-10H2,1-2H3. The number of hydrogen-bond donors (Lipinski definition) is 1. The molecule has 4 rings (SSSR count). The van der Waals surface area contributed by atoms with Crippen LogP contribution in [-0.2, 0) is 9.84 Å². The van der Waals surface area contributed by atoms with E-state index in [9.17, 15) is 8.42 Å². The van der Waals surface area contributed by atoms with Crippen LogP contribution in [0.25, 0.3) is 11.0 Å². The molecule has 8 nitrogen and oxygen atoms in total. The van der Waals surface area contributed by atoms with Crippen molar-refractivity contribution < 1.29 is 13.2 Å². The average molecular weight is 387 g/mol. The van der Waals surface area contributed by atoms with Crippen molar-refractivity contribution in [3.8, 4) is 11.6 Å². The highest BCUT2D eigenvalue weighted by Gasteiger charge is 2.22. The number of ether oxygens (including phenoxy) is 1. The van der Waals surface area contributed by atoms with Crippen molar-refractivity contribution in [1.82, 2.24) is 25.1 Å². The van der Waals surface area contributed by atoms with Gasteiger partial charge in [0.1, 0.15) is 17.5 Å². The summed E-state index contributed by atoms with van der Waals surface area (Å²) in [4.78, 5) is 8.96. The van der Waals surface area contributed by atoms with Gasteiger partial charge in [-0.2, -0.15) is 5.10 Å². The molecule has 2 aromatic heterocycles. The molecular weight excluding hydrogens is 366 g/mol. The summed E-state index contributed by atoms with van der Waals surface area (Å²) in [5.74, 6) is 0.932. The predicted molar refractivity (Wildman–Crippen MR) is 101 cm³/mol.